The van der Waals surface area contributed by atoms with Gasteiger partial charge in [0.05, 0.1) is 6.61 Å². The summed E-state index contributed by atoms with van der Waals surface area (Å²) in [7, 11) is 0. The zero-order valence-corrected chi connectivity index (χ0v) is 11.1. The standard InChI is InChI=1S/C12H21N5O/c1-3-18-11-15-9(13)14-10(16-11)17-12(2)7-5-4-6-8-12/h3-8H2,1-2H3,(H3,13,14,15,16,17). The second-order valence-corrected chi connectivity index (χ2v) is 4.98. The predicted octanol–water partition coefficient (Wildman–Crippen LogP) is 1.99. The van der Waals surface area contributed by atoms with Crippen LogP contribution in [0.5, 0.6) is 6.01 Å². The average molecular weight is 251 g/mol. The van der Waals surface area contributed by atoms with Crippen molar-refractivity contribution >= 4 is 11.9 Å². The van der Waals surface area contributed by atoms with Gasteiger partial charge in [0, 0.05) is 5.54 Å². The smallest absolute Gasteiger partial charge is 0.323 e. The Bertz CT molecular complexity index is 403. The Balaban J connectivity index is 2.12. The summed E-state index contributed by atoms with van der Waals surface area (Å²) in [5, 5.41) is 3.37. The molecule has 18 heavy (non-hydrogen) atoms. The van der Waals surface area contributed by atoms with Crippen LogP contribution in [0.15, 0.2) is 0 Å². The summed E-state index contributed by atoms with van der Waals surface area (Å²) in [5.41, 5.74) is 5.71. The first-order valence-electron chi connectivity index (χ1n) is 6.54. The highest BCUT2D eigenvalue weighted by Crippen LogP contribution is 2.30. The van der Waals surface area contributed by atoms with Crippen LogP contribution in [0.25, 0.3) is 0 Å². The molecule has 6 nitrogen and oxygen atoms in total. The SMILES string of the molecule is CCOc1nc(N)nc(NC2(C)CCCCC2)n1. The number of nitrogens with two attached hydrogens (primary N) is 1. The molecule has 1 aromatic heterocycles. The highest BCUT2D eigenvalue weighted by molar-refractivity contribution is 5.35. The quantitative estimate of drug-likeness (QED) is 0.851. The molecule has 0 aromatic carbocycles. The van der Waals surface area contributed by atoms with Gasteiger partial charge < -0.3 is 15.8 Å². The van der Waals surface area contributed by atoms with Gasteiger partial charge in [-0.1, -0.05) is 19.3 Å². The van der Waals surface area contributed by atoms with E-state index >= 15 is 0 Å². The van der Waals surface area contributed by atoms with Crippen molar-refractivity contribution < 1.29 is 4.74 Å². The van der Waals surface area contributed by atoms with Crippen LogP contribution < -0.4 is 15.8 Å². The number of nitrogens with one attached hydrogen (secondary N) is 1. The van der Waals surface area contributed by atoms with Crippen LogP contribution in [0.4, 0.5) is 11.9 Å². The lowest BCUT2D eigenvalue weighted by molar-refractivity contribution is 0.310. The van der Waals surface area contributed by atoms with E-state index in [0.717, 1.165) is 12.8 Å². The third-order valence-corrected chi connectivity index (χ3v) is 3.28. The van der Waals surface area contributed by atoms with E-state index in [0.29, 0.717) is 12.6 Å². The molecule has 0 amide bonds. The van der Waals surface area contributed by atoms with Crippen molar-refractivity contribution in [2.75, 3.05) is 17.7 Å². The maximum absolute atomic E-state index is 5.66. The van der Waals surface area contributed by atoms with Crippen molar-refractivity contribution in [2.24, 2.45) is 0 Å². The van der Waals surface area contributed by atoms with Gasteiger partial charge in [-0.2, -0.15) is 15.0 Å². The molecular weight excluding hydrogens is 230 g/mol. The molecule has 1 heterocycles. The zero-order valence-electron chi connectivity index (χ0n) is 11.1. The molecule has 3 N–H and O–H groups in total. The van der Waals surface area contributed by atoms with Gasteiger partial charge in [-0.05, 0) is 26.7 Å². The van der Waals surface area contributed by atoms with Crippen molar-refractivity contribution in [2.45, 2.75) is 51.5 Å². The number of rotatable bonds is 4. The number of aromatic nitrogens is 3. The van der Waals surface area contributed by atoms with Crippen molar-refractivity contribution in [3.05, 3.63) is 0 Å². The molecule has 6 heteroatoms. The first-order chi connectivity index (χ1) is 8.61. The molecule has 0 unspecified atom stereocenters. The number of hydrogen-bond donors (Lipinski definition) is 2. The molecule has 1 aliphatic rings. The molecule has 0 spiro atoms. The van der Waals surface area contributed by atoms with Crippen molar-refractivity contribution in [1.82, 2.24) is 15.0 Å². The maximum atomic E-state index is 5.66. The third-order valence-electron chi connectivity index (χ3n) is 3.28. The predicted molar refractivity (Wildman–Crippen MR) is 70.5 cm³/mol. The van der Waals surface area contributed by atoms with E-state index in [1.165, 1.54) is 19.3 Å². The fourth-order valence-corrected chi connectivity index (χ4v) is 2.35. The molecule has 1 fully saturated rings. The molecule has 1 aromatic rings. The lowest BCUT2D eigenvalue weighted by atomic mass is 9.83. The van der Waals surface area contributed by atoms with Gasteiger partial charge in [-0.15, -0.1) is 0 Å². The molecule has 0 atom stereocenters. The monoisotopic (exact) mass is 251 g/mol. The minimum Gasteiger partial charge on any atom is -0.464 e. The van der Waals surface area contributed by atoms with Crippen molar-refractivity contribution in [1.29, 1.82) is 0 Å². The Morgan fingerprint density at radius 1 is 1.22 bits per heavy atom. The minimum atomic E-state index is 0.0511. The van der Waals surface area contributed by atoms with Gasteiger partial charge in [0.2, 0.25) is 11.9 Å². The molecule has 2 rings (SSSR count). The van der Waals surface area contributed by atoms with E-state index in [9.17, 15) is 0 Å². The van der Waals surface area contributed by atoms with E-state index in [2.05, 4.69) is 27.2 Å². The summed E-state index contributed by atoms with van der Waals surface area (Å²) in [5.74, 6) is 0.700. The van der Waals surface area contributed by atoms with Gasteiger partial charge >= 0.3 is 6.01 Å². The second-order valence-electron chi connectivity index (χ2n) is 4.98. The molecule has 1 saturated carbocycles. The zero-order chi connectivity index (χ0) is 13.0. The summed E-state index contributed by atoms with van der Waals surface area (Å²) < 4.78 is 5.27. The van der Waals surface area contributed by atoms with E-state index in [4.69, 9.17) is 10.5 Å². The Kier molecular flexibility index (Phi) is 3.84. The van der Waals surface area contributed by atoms with Crippen LogP contribution in [0.1, 0.15) is 46.0 Å². The molecule has 0 bridgehead atoms. The molecule has 0 saturated heterocycles. The first kappa shape index (κ1) is 12.9. The fourth-order valence-electron chi connectivity index (χ4n) is 2.35. The van der Waals surface area contributed by atoms with Gasteiger partial charge in [0.1, 0.15) is 0 Å². The fraction of sp³-hybridized carbons (Fsp3) is 0.750. The number of anilines is 2. The summed E-state index contributed by atoms with van der Waals surface area (Å²) in [6, 6.07) is 0.284. The van der Waals surface area contributed by atoms with Crippen LogP contribution in [-0.4, -0.2) is 27.1 Å². The molecule has 100 valence electrons. The number of nitrogen functional groups attached to an aromatic ring is 1. The summed E-state index contributed by atoms with van der Waals surface area (Å²) >= 11 is 0. The Morgan fingerprint density at radius 3 is 2.61 bits per heavy atom. The van der Waals surface area contributed by atoms with Gasteiger partial charge in [-0.3, -0.25) is 0 Å². The van der Waals surface area contributed by atoms with Crippen molar-refractivity contribution in [3.8, 4) is 6.01 Å². The normalized spacial score (nSPS) is 18.3. The number of ether oxygens (including phenoxy) is 1. The molecular formula is C12H21N5O. The average Bonchev–Trinajstić information content (AvgIpc) is 2.28. The van der Waals surface area contributed by atoms with E-state index in [1.54, 1.807) is 0 Å². The lowest BCUT2D eigenvalue weighted by Gasteiger charge is -2.34. The van der Waals surface area contributed by atoms with Gasteiger partial charge in [-0.25, -0.2) is 0 Å². The van der Waals surface area contributed by atoms with Crippen LogP contribution in [0.2, 0.25) is 0 Å². The highest BCUT2D eigenvalue weighted by atomic mass is 16.5. The van der Waals surface area contributed by atoms with Crippen LogP contribution in [0, 0.1) is 0 Å². The van der Waals surface area contributed by atoms with Crippen LogP contribution >= 0.6 is 0 Å². The van der Waals surface area contributed by atoms with Crippen molar-refractivity contribution in [3.63, 3.8) is 0 Å². The van der Waals surface area contributed by atoms with E-state index < -0.39 is 0 Å². The maximum Gasteiger partial charge on any atom is 0.323 e. The topological polar surface area (TPSA) is 86.0 Å². The summed E-state index contributed by atoms with van der Waals surface area (Å²) in [6.45, 7) is 4.60. The Labute approximate surface area is 107 Å². The van der Waals surface area contributed by atoms with E-state index in [-0.39, 0.29) is 17.5 Å². The largest absolute Gasteiger partial charge is 0.464 e. The number of hydrogen-bond acceptors (Lipinski definition) is 6. The second kappa shape index (κ2) is 5.37. The third kappa shape index (κ3) is 3.21. The summed E-state index contributed by atoms with van der Waals surface area (Å²) in [4.78, 5) is 12.3. The lowest BCUT2D eigenvalue weighted by Crippen LogP contribution is -2.37. The van der Waals surface area contributed by atoms with E-state index in [1.807, 2.05) is 6.92 Å². The first-order valence-corrected chi connectivity index (χ1v) is 6.54. The highest BCUT2D eigenvalue weighted by Gasteiger charge is 2.27. The van der Waals surface area contributed by atoms with Gasteiger partial charge in [0.15, 0.2) is 0 Å². The summed E-state index contributed by atoms with van der Waals surface area (Å²) in [6.07, 6.45) is 6.04. The number of nitrogens with zero attached hydrogens (tertiary/aromatic N) is 3. The van der Waals surface area contributed by atoms with Gasteiger partial charge in [0.25, 0.3) is 0 Å². The Morgan fingerprint density at radius 2 is 1.94 bits per heavy atom. The molecule has 1 aliphatic carbocycles. The van der Waals surface area contributed by atoms with Crippen LogP contribution in [0.3, 0.4) is 0 Å². The molecule has 0 radical (unpaired) electrons. The minimum absolute atomic E-state index is 0.0511. The Hall–Kier alpha value is -1.59. The van der Waals surface area contributed by atoms with Crippen LogP contribution in [-0.2, 0) is 0 Å². The molecule has 0 aliphatic heterocycles.